The average molecular weight is 364 g/mol. The lowest BCUT2D eigenvalue weighted by molar-refractivity contribution is 0.0378. The fraction of sp³-hybridized carbons (Fsp3) is 0.529. The Morgan fingerprint density at radius 3 is 2.68 bits per heavy atom. The summed E-state index contributed by atoms with van der Waals surface area (Å²) in [5.74, 6) is 2.09. The molecule has 0 atom stereocenters. The molecule has 1 fully saturated rings. The molecule has 2 heterocycles. The van der Waals surface area contributed by atoms with Gasteiger partial charge in [0.1, 0.15) is 5.82 Å². The van der Waals surface area contributed by atoms with E-state index in [0.717, 1.165) is 62.5 Å². The third-order valence-corrected chi connectivity index (χ3v) is 4.47. The molecule has 0 radical (unpaired) electrons. The Kier molecular flexibility index (Phi) is 6.06. The number of ether oxygens (including phenoxy) is 3. The maximum Gasteiger partial charge on any atom is 0.199 e. The number of hydrogen-bond donors (Lipinski definition) is 2. The minimum atomic E-state index is 0.440. The van der Waals surface area contributed by atoms with Crippen molar-refractivity contribution in [2.75, 3.05) is 58.9 Å². The number of rotatable bonds is 7. The smallest absolute Gasteiger partial charge is 0.199 e. The highest BCUT2D eigenvalue weighted by molar-refractivity contribution is 7.71. The van der Waals surface area contributed by atoms with Crippen LogP contribution in [0.5, 0.6) is 11.5 Å². The van der Waals surface area contributed by atoms with Gasteiger partial charge in [-0.05, 0) is 31.2 Å². The summed E-state index contributed by atoms with van der Waals surface area (Å²) in [6.07, 6.45) is 1.03. The molecule has 8 heteroatoms. The summed E-state index contributed by atoms with van der Waals surface area (Å²) < 4.78 is 16.6. The molecule has 0 aliphatic carbocycles. The number of aromatic amines is 1. The molecule has 136 valence electrons. The van der Waals surface area contributed by atoms with Gasteiger partial charge < -0.3 is 24.5 Å². The lowest BCUT2D eigenvalue weighted by Crippen LogP contribution is -2.37. The first-order valence-electron chi connectivity index (χ1n) is 8.41. The van der Waals surface area contributed by atoms with E-state index in [4.69, 9.17) is 26.4 Å². The summed E-state index contributed by atoms with van der Waals surface area (Å²) in [5, 5.41) is 4.33. The molecule has 1 aliphatic heterocycles. The quantitative estimate of drug-likeness (QED) is 0.577. The van der Waals surface area contributed by atoms with Crippen LogP contribution >= 0.6 is 12.2 Å². The van der Waals surface area contributed by atoms with Gasteiger partial charge in [-0.15, -0.1) is 0 Å². The summed E-state index contributed by atoms with van der Waals surface area (Å²) in [6, 6.07) is 3.79. The van der Waals surface area contributed by atoms with E-state index >= 15 is 0 Å². The van der Waals surface area contributed by atoms with E-state index in [1.165, 1.54) is 0 Å². The second-order valence-corrected chi connectivity index (χ2v) is 6.26. The fourth-order valence-corrected chi connectivity index (χ4v) is 3.15. The van der Waals surface area contributed by atoms with Gasteiger partial charge in [-0.2, -0.15) is 0 Å². The summed E-state index contributed by atoms with van der Waals surface area (Å²) in [6.45, 7) is 5.55. The molecule has 7 nitrogen and oxygen atoms in total. The normalized spacial score (nSPS) is 15.3. The van der Waals surface area contributed by atoms with Crippen molar-refractivity contribution >= 4 is 28.9 Å². The summed E-state index contributed by atoms with van der Waals surface area (Å²) in [4.78, 5) is 9.96. The monoisotopic (exact) mass is 364 g/mol. The highest BCUT2D eigenvalue weighted by Gasteiger charge is 2.12. The van der Waals surface area contributed by atoms with Crippen molar-refractivity contribution in [3.05, 3.63) is 16.9 Å². The van der Waals surface area contributed by atoms with E-state index in [1.54, 1.807) is 14.2 Å². The van der Waals surface area contributed by atoms with Gasteiger partial charge in [-0.1, -0.05) is 0 Å². The molecule has 1 aromatic carbocycles. The Labute approximate surface area is 152 Å². The molecule has 25 heavy (non-hydrogen) atoms. The highest BCUT2D eigenvalue weighted by atomic mass is 32.1. The zero-order valence-electron chi connectivity index (χ0n) is 14.6. The SMILES string of the molecule is COc1cc2[nH]c(=S)nc(NCCCN3CCOCC3)c2cc1OC. The van der Waals surface area contributed by atoms with Gasteiger partial charge in [0.25, 0.3) is 0 Å². The first-order chi connectivity index (χ1) is 12.2. The molecule has 0 amide bonds. The van der Waals surface area contributed by atoms with E-state index in [0.29, 0.717) is 16.3 Å². The minimum absolute atomic E-state index is 0.440. The number of aromatic nitrogens is 2. The number of anilines is 1. The number of hydrogen-bond acceptors (Lipinski definition) is 7. The van der Waals surface area contributed by atoms with E-state index < -0.39 is 0 Å². The predicted octanol–water partition coefficient (Wildman–Crippen LogP) is 2.44. The molecule has 1 saturated heterocycles. The van der Waals surface area contributed by atoms with Crippen molar-refractivity contribution in [3.8, 4) is 11.5 Å². The van der Waals surface area contributed by atoms with Gasteiger partial charge >= 0.3 is 0 Å². The van der Waals surface area contributed by atoms with Crippen molar-refractivity contribution in [1.82, 2.24) is 14.9 Å². The molecule has 1 aromatic heterocycles. The third-order valence-electron chi connectivity index (χ3n) is 4.28. The number of fused-ring (bicyclic) bond motifs is 1. The maximum absolute atomic E-state index is 5.40. The van der Waals surface area contributed by atoms with Crippen LogP contribution in [0.4, 0.5) is 5.82 Å². The summed E-state index contributed by atoms with van der Waals surface area (Å²) in [7, 11) is 3.24. The van der Waals surface area contributed by atoms with E-state index in [1.807, 2.05) is 12.1 Å². The van der Waals surface area contributed by atoms with Crippen LogP contribution < -0.4 is 14.8 Å². The Morgan fingerprint density at radius 1 is 1.24 bits per heavy atom. The molecule has 1 aliphatic rings. The first kappa shape index (κ1) is 17.9. The van der Waals surface area contributed by atoms with Crippen molar-refractivity contribution in [2.45, 2.75) is 6.42 Å². The molecule has 2 aromatic rings. The molecular weight excluding hydrogens is 340 g/mol. The summed E-state index contributed by atoms with van der Waals surface area (Å²) >= 11 is 5.25. The zero-order chi connectivity index (χ0) is 17.6. The Balaban J connectivity index is 1.72. The van der Waals surface area contributed by atoms with Gasteiger partial charge in [0.2, 0.25) is 0 Å². The van der Waals surface area contributed by atoms with Crippen molar-refractivity contribution < 1.29 is 14.2 Å². The third kappa shape index (κ3) is 4.39. The Morgan fingerprint density at radius 2 is 1.96 bits per heavy atom. The van der Waals surface area contributed by atoms with Gasteiger partial charge in [0.05, 0.1) is 33.0 Å². The largest absolute Gasteiger partial charge is 0.493 e. The topological polar surface area (TPSA) is 71.6 Å². The van der Waals surface area contributed by atoms with Crippen LogP contribution in [0.1, 0.15) is 6.42 Å². The molecule has 3 rings (SSSR count). The van der Waals surface area contributed by atoms with Crippen LogP contribution in [0.3, 0.4) is 0 Å². The zero-order valence-corrected chi connectivity index (χ0v) is 15.4. The standard InChI is InChI=1S/C17H24N4O3S/c1-22-14-10-12-13(11-15(14)23-2)19-17(25)20-16(12)18-4-3-5-21-6-8-24-9-7-21/h10-11H,3-9H2,1-2H3,(H2,18,19,20,25). The lowest BCUT2D eigenvalue weighted by atomic mass is 10.2. The van der Waals surface area contributed by atoms with Gasteiger partial charge in [0.15, 0.2) is 16.3 Å². The van der Waals surface area contributed by atoms with Crippen LogP contribution in [0, 0.1) is 4.77 Å². The molecule has 0 bridgehead atoms. The number of nitrogens with zero attached hydrogens (tertiary/aromatic N) is 2. The van der Waals surface area contributed by atoms with Gasteiger partial charge in [0, 0.05) is 31.1 Å². The maximum atomic E-state index is 5.40. The Hall–Kier alpha value is -1.90. The average Bonchev–Trinajstić information content (AvgIpc) is 2.64. The van der Waals surface area contributed by atoms with Gasteiger partial charge in [-0.25, -0.2) is 4.98 Å². The molecule has 0 unspecified atom stereocenters. The van der Waals surface area contributed by atoms with Crippen LogP contribution in [0.25, 0.3) is 10.9 Å². The Bertz CT molecular complexity index is 774. The number of H-pyrrole nitrogens is 1. The van der Waals surface area contributed by atoms with Gasteiger partial charge in [-0.3, -0.25) is 4.90 Å². The van der Waals surface area contributed by atoms with E-state index in [9.17, 15) is 0 Å². The molecular formula is C17H24N4O3S. The van der Waals surface area contributed by atoms with Crippen LogP contribution in [0.2, 0.25) is 0 Å². The van der Waals surface area contributed by atoms with Crippen LogP contribution in [0.15, 0.2) is 12.1 Å². The summed E-state index contributed by atoms with van der Waals surface area (Å²) in [5.41, 5.74) is 0.869. The molecule has 2 N–H and O–H groups in total. The van der Waals surface area contributed by atoms with Crippen LogP contribution in [-0.2, 0) is 4.74 Å². The lowest BCUT2D eigenvalue weighted by Gasteiger charge is -2.26. The first-order valence-corrected chi connectivity index (χ1v) is 8.82. The minimum Gasteiger partial charge on any atom is -0.493 e. The second-order valence-electron chi connectivity index (χ2n) is 5.88. The number of methoxy groups -OCH3 is 2. The van der Waals surface area contributed by atoms with Crippen molar-refractivity contribution in [3.63, 3.8) is 0 Å². The molecule has 0 spiro atoms. The number of nitrogens with one attached hydrogen (secondary N) is 2. The number of benzene rings is 1. The van der Waals surface area contributed by atoms with Crippen molar-refractivity contribution in [2.24, 2.45) is 0 Å². The van der Waals surface area contributed by atoms with Crippen molar-refractivity contribution in [1.29, 1.82) is 0 Å². The highest BCUT2D eigenvalue weighted by Crippen LogP contribution is 2.33. The fourth-order valence-electron chi connectivity index (χ4n) is 2.95. The second kappa shape index (κ2) is 8.46. The van der Waals surface area contributed by atoms with Crippen LogP contribution in [-0.4, -0.2) is 68.5 Å². The van der Waals surface area contributed by atoms with E-state index in [2.05, 4.69) is 20.2 Å². The number of morpholine rings is 1. The van der Waals surface area contributed by atoms with E-state index in [-0.39, 0.29) is 0 Å². The molecule has 0 saturated carbocycles. The predicted molar refractivity (Wildman–Crippen MR) is 100 cm³/mol.